The fourth-order valence-electron chi connectivity index (χ4n) is 2.73. The summed E-state index contributed by atoms with van der Waals surface area (Å²) in [5.74, 6) is 1.02. The number of carbonyl (C=O) groups excluding carboxylic acids is 1. The van der Waals surface area contributed by atoms with Crippen LogP contribution in [0.5, 0.6) is 0 Å². The first-order valence-corrected chi connectivity index (χ1v) is 7.75. The average molecular weight is 299 g/mol. The third-order valence-electron chi connectivity index (χ3n) is 4.18. The fraction of sp³-hybridized carbons (Fsp3) is 0.471. The van der Waals surface area contributed by atoms with Gasteiger partial charge in [-0.3, -0.25) is 9.78 Å². The maximum Gasteiger partial charge on any atom is 0.223 e. The first kappa shape index (κ1) is 14.8. The Morgan fingerprint density at radius 1 is 1.32 bits per heavy atom. The van der Waals surface area contributed by atoms with Crippen molar-refractivity contribution in [2.24, 2.45) is 0 Å². The molecule has 1 saturated carbocycles. The van der Waals surface area contributed by atoms with Gasteiger partial charge in [-0.2, -0.15) is 0 Å². The van der Waals surface area contributed by atoms with Crippen molar-refractivity contribution in [3.63, 3.8) is 0 Å². The van der Waals surface area contributed by atoms with Gasteiger partial charge in [0, 0.05) is 37.0 Å². The van der Waals surface area contributed by atoms with Crippen LogP contribution in [0.15, 0.2) is 29.0 Å². The van der Waals surface area contributed by atoms with Gasteiger partial charge in [-0.1, -0.05) is 5.16 Å². The van der Waals surface area contributed by atoms with Crippen molar-refractivity contribution in [2.75, 3.05) is 0 Å². The minimum Gasteiger partial charge on any atom is -0.361 e. The Bertz CT molecular complexity index is 628. The average Bonchev–Trinajstić information content (AvgIpc) is 3.31. The zero-order valence-corrected chi connectivity index (χ0v) is 13.1. The highest BCUT2D eigenvalue weighted by molar-refractivity contribution is 5.77. The van der Waals surface area contributed by atoms with Crippen molar-refractivity contribution in [1.29, 1.82) is 0 Å². The molecule has 1 fully saturated rings. The van der Waals surface area contributed by atoms with E-state index >= 15 is 0 Å². The number of rotatable bonds is 6. The van der Waals surface area contributed by atoms with Crippen LogP contribution < -0.4 is 0 Å². The summed E-state index contributed by atoms with van der Waals surface area (Å²) >= 11 is 0. The molecule has 0 bridgehead atoms. The number of amides is 1. The van der Waals surface area contributed by atoms with Crippen molar-refractivity contribution in [3.05, 3.63) is 47.1 Å². The minimum absolute atomic E-state index is 0.208. The van der Waals surface area contributed by atoms with Crippen LogP contribution in [0, 0.1) is 13.8 Å². The Morgan fingerprint density at radius 2 is 2.05 bits per heavy atom. The van der Waals surface area contributed by atoms with Crippen LogP contribution in [0.3, 0.4) is 0 Å². The molecule has 1 amide bonds. The first-order valence-electron chi connectivity index (χ1n) is 7.75. The van der Waals surface area contributed by atoms with E-state index in [9.17, 15) is 4.79 Å². The first-order chi connectivity index (χ1) is 10.6. The second-order valence-corrected chi connectivity index (χ2v) is 5.91. The van der Waals surface area contributed by atoms with E-state index in [1.165, 1.54) is 0 Å². The van der Waals surface area contributed by atoms with E-state index in [0.29, 0.717) is 25.4 Å². The largest absolute Gasteiger partial charge is 0.361 e. The zero-order chi connectivity index (χ0) is 15.5. The van der Waals surface area contributed by atoms with E-state index in [1.807, 2.05) is 30.9 Å². The quantitative estimate of drug-likeness (QED) is 0.823. The smallest absolute Gasteiger partial charge is 0.223 e. The maximum atomic E-state index is 12.6. The molecule has 0 aromatic carbocycles. The molecule has 2 aromatic heterocycles. The Morgan fingerprint density at radius 3 is 2.64 bits per heavy atom. The molecule has 0 atom stereocenters. The summed E-state index contributed by atoms with van der Waals surface area (Å²) in [5, 5.41) is 3.95. The molecule has 5 nitrogen and oxygen atoms in total. The Kier molecular flexibility index (Phi) is 4.22. The molecule has 0 unspecified atom stereocenters. The van der Waals surface area contributed by atoms with Crippen LogP contribution in [-0.2, 0) is 17.8 Å². The summed E-state index contributed by atoms with van der Waals surface area (Å²) in [6.45, 7) is 4.50. The van der Waals surface area contributed by atoms with Crippen LogP contribution in [0.2, 0.25) is 0 Å². The molecule has 0 saturated heterocycles. The molecule has 0 radical (unpaired) electrons. The summed E-state index contributed by atoms with van der Waals surface area (Å²) in [6, 6.07) is 4.35. The number of hydrogen-bond donors (Lipinski definition) is 0. The van der Waals surface area contributed by atoms with E-state index in [1.54, 1.807) is 12.4 Å². The van der Waals surface area contributed by atoms with Crippen LogP contribution in [-0.4, -0.2) is 27.0 Å². The normalized spacial score (nSPS) is 14.1. The SMILES string of the molecule is Cc1noc(C)c1CCC(=O)N(Cc1ccncc1)C1CC1. The molecule has 0 N–H and O–H groups in total. The molecular formula is C17H21N3O2. The summed E-state index contributed by atoms with van der Waals surface area (Å²) in [4.78, 5) is 18.6. The summed E-state index contributed by atoms with van der Waals surface area (Å²) in [7, 11) is 0. The van der Waals surface area contributed by atoms with Crippen molar-refractivity contribution < 1.29 is 9.32 Å². The number of nitrogens with zero attached hydrogens (tertiary/aromatic N) is 3. The number of carbonyl (C=O) groups is 1. The van der Waals surface area contributed by atoms with Crippen LogP contribution >= 0.6 is 0 Å². The van der Waals surface area contributed by atoms with Crippen LogP contribution in [0.1, 0.15) is 41.8 Å². The lowest BCUT2D eigenvalue weighted by Crippen LogP contribution is -2.32. The van der Waals surface area contributed by atoms with Gasteiger partial charge in [0.1, 0.15) is 5.76 Å². The summed E-state index contributed by atoms with van der Waals surface area (Å²) in [5.41, 5.74) is 3.08. The number of hydrogen-bond acceptors (Lipinski definition) is 4. The van der Waals surface area contributed by atoms with Gasteiger partial charge in [0.05, 0.1) is 5.69 Å². The molecule has 1 aliphatic rings. The predicted molar refractivity (Wildman–Crippen MR) is 82.1 cm³/mol. The highest BCUT2D eigenvalue weighted by Crippen LogP contribution is 2.29. The summed E-state index contributed by atoms with van der Waals surface area (Å²) < 4.78 is 5.16. The van der Waals surface area contributed by atoms with Crippen molar-refractivity contribution in [1.82, 2.24) is 15.0 Å². The standard InChI is InChI=1S/C17H21N3O2/c1-12-16(13(2)22-19-12)5-6-17(21)20(15-3-4-15)11-14-7-9-18-10-8-14/h7-10,15H,3-6,11H2,1-2H3. The highest BCUT2D eigenvalue weighted by atomic mass is 16.5. The minimum atomic E-state index is 0.208. The molecule has 0 aliphatic heterocycles. The molecule has 1 aliphatic carbocycles. The van der Waals surface area contributed by atoms with Gasteiger partial charge < -0.3 is 9.42 Å². The Balaban J connectivity index is 1.63. The van der Waals surface area contributed by atoms with Gasteiger partial charge in [0.2, 0.25) is 5.91 Å². The molecule has 116 valence electrons. The zero-order valence-electron chi connectivity index (χ0n) is 13.1. The number of pyridine rings is 1. The Hall–Kier alpha value is -2.17. The lowest BCUT2D eigenvalue weighted by molar-refractivity contribution is -0.132. The van der Waals surface area contributed by atoms with E-state index in [0.717, 1.165) is 35.4 Å². The second kappa shape index (κ2) is 6.30. The van der Waals surface area contributed by atoms with Gasteiger partial charge in [-0.15, -0.1) is 0 Å². The molecule has 5 heteroatoms. The topological polar surface area (TPSA) is 59.2 Å². The predicted octanol–water partition coefficient (Wildman–Crippen LogP) is 2.81. The maximum absolute atomic E-state index is 12.6. The van der Waals surface area contributed by atoms with E-state index < -0.39 is 0 Å². The van der Waals surface area contributed by atoms with Gasteiger partial charge >= 0.3 is 0 Å². The summed E-state index contributed by atoms with van der Waals surface area (Å²) in [6.07, 6.45) is 6.97. The van der Waals surface area contributed by atoms with E-state index in [4.69, 9.17) is 4.52 Å². The Labute approximate surface area is 130 Å². The number of aromatic nitrogens is 2. The van der Waals surface area contributed by atoms with Gasteiger partial charge in [0.25, 0.3) is 0 Å². The molecule has 3 rings (SSSR count). The van der Waals surface area contributed by atoms with Crippen LogP contribution in [0.25, 0.3) is 0 Å². The lowest BCUT2D eigenvalue weighted by atomic mass is 10.1. The third-order valence-corrected chi connectivity index (χ3v) is 4.18. The third kappa shape index (κ3) is 3.35. The van der Waals surface area contributed by atoms with E-state index in [2.05, 4.69) is 10.1 Å². The van der Waals surface area contributed by atoms with Crippen LogP contribution in [0.4, 0.5) is 0 Å². The van der Waals surface area contributed by atoms with E-state index in [-0.39, 0.29) is 5.91 Å². The van der Waals surface area contributed by atoms with Gasteiger partial charge in [0.15, 0.2) is 0 Å². The van der Waals surface area contributed by atoms with Crippen molar-refractivity contribution >= 4 is 5.91 Å². The van der Waals surface area contributed by atoms with Gasteiger partial charge in [-0.05, 0) is 50.8 Å². The molecule has 0 spiro atoms. The van der Waals surface area contributed by atoms with Crippen molar-refractivity contribution in [3.8, 4) is 0 Å². The molecule has 2 heterocycles. The molecule has 22 heavy (non-hydrogen) atoms. The fourth-order valence-corrected chi connectivity index (χ4v) is 2.73. The molecular weight excluding hydrogens is 278 g/mol. The molecule has 2 aromatic rings. The lowest BCUT2D eigenvalue weighted by Gasteiger charge is -2.22. The second-order valence-electron chi connectivity index (χ2n) is 5.91. The van der Waals surface area contributed by atoms with Crippen molar-refractivity contribution in [2.45, 2.75) is 52.1 Å². The monoisotopic (exact) mass is 299 g/mol. The number of aryl methyl sites for hydroxylation is 2. The van der Waals surface area contributed by atoms with Gasteiger partial charge in [-0.25, -0.2) is 0 Å². The highest BCUT2D eigenvalue weighted by Gasteiger charge is 2.32.